The molecule has 2 aromatic rings. The molecule has 0 aromatic carbocycles. The van der Waals surface area contributed by atoms with E-state index in [1.54, 1.807) is 18.3 Å². The fourth-order valence-electron chi connectivity index (χ4n) is 4.03. The zero-order chi connectivity index (χ0) is 32.1. The van der Waals surface area contributed by atoms with E-state index in [-0.39, 0.29) is 50.7 Å². The predicted molar refractivity (Wildman–Crippen MR) is 156 cm³/mol. The highest BCUT2D eigenvalue weighted by Gasteiger charge is 2.27. The van der Waals surface area contributed by atoms with Gasteiger partial charge in [0.1, 0.15) is 11.8 Å². The lowest BCUT2D eigenvalue weighted by molar-refractivity contribution is -0.137. The first-order chi connectivity index (χ1) is 20.9. The molecule has 3 rings (SSSR count). The molecule has 236 valence electrons. The van der Waals surface area contributed by atoms with E-state index < -0.39 is 45.5 Å². The SMILES string of the molecule is Cc1ccnc(-c2cc(C(=O)NC(CS(=O)(=O)O)C(=O)NCCCCC(=O)NCCOCCN3C(=O)C=CC3=O)ccn2)c1. The molecule has 15 nitrogen and oxygen atoms in total. The van der Waals surface area contributed by atoms with Gasteiger partial charge in [-0.05, 0) is 49.6 Å². The lowest BCUT2D eigenvalue weighted by Crippen LogP contribution is -2.50. The molecule has 0 fully saturated rings. The van der Waals surface area contributed by atoms with Crippen LogP contribution in [0.4, 0.5) is 0 Å². The molecule has 0 saturated heterocycles. The molecule has 0 bridgehead atoms. The van der Waals surface area contributed by atoms with Crippen LogP contribution in [0.1, 0.15) is 35.2 Å². The molecule has 0 saturated carbocycles. The third kappa shape index (κ3) is 11.3. The van der Waals surface area contributed by atoms with Crippen molar-refractivity contribution < 1.29 is 41.7 Å². The minimum Gasteiger partial charge on any atom is -0.378 e. The number of unbranched alkanes of at least 4 members (excludes halogenated alkanes) is 1. The maximum Gasteiger partial charge on any atom is 0.267 e. The summed E-state index contributed by atoms with van der Waals surface area (Å²) in [4.78, 5) is 70.0. The van der Waals surface area contributed by atoms with Gasteiger partial charge < -0.3 is 20.7 Å². The van der Waals surface area contributed by atoms with Crippen molar-refractivity contribution in [2.24, 2.45) is 0 Å². The number of carbonyl (C=O) groups is 5. The highest BCUT2D eigenvalue weighted by molar-refractivity contribution is 7.85. The van der Waals surface area contributed by atoms with Crippen molar-refractivity contribution in [1.29, 1.82) is 0 Å². The number of imide groups is 1. The molecule has 0 spiro atoms. The number of nitrogens with zero attached hydrogens (tertiary/aromatic N) is 3. The summed E-state index contributed by atoms with van der Waals surface area (Å²) >= 11 is 0. The fourth-order valence-corrected chi connectivity index (χ4v) is 4.68. The number of aromatic nitrogens is 2. The number of hydrogen-bond donors (Lipinski definition) is 4. The molecule has 44 heavy (non-hydrogen) atoms. The average Bonchev–Trinajstić information content (AvgIpc) is 3.29. The maximum atomic E-state index is 12.9. The molecule has 1 atom stereocenters. The summed E-state index contributed by atoms with van der Waals surface area (Å²) in [5.74, 6) is -3.63. The van der Waals surface area contributed by atoms with Crippen LogP contribution in [-0.4, -0.2) is 102 Å². The van der Waals surface area contributed by atoms with Crippen molar-refractivity contribution in [2.75, 3.05) is 38.6 Å². The maximum absolute atomic E-state index is 12.9. The van der Waals surface area contributed by atoms with Crippen LogP contribution < -0.4 is 16.0 Å². The molecule has 2 aromatic heterocycles. The first-order valence-corrected chi connectivity index (χ1v) is 15.3. The van der Waals surface area contributed by atoms with Gasteiger partial charge in [0.2, 0.25) is 11.8 Å². The van der Waals surface area contributed by atoms with Crippen molar-refractivity contribution in [3.05, 3.63) is 59.9 Å². The smallest absolute Gasteiger partial charge is 0.267 e. The third-order valence-corrected chi connectivity index (χ3v) is 7.01. The Labute approximate surface area is 254 Å². The van der Waals surface area contributed by atoms with Gasteiger partial charge in [-0.1, -0.05) is 0 Å². The topological polar surface area (TPSA) is 214 Å². The Morgan fingerprint density at radius 2 is 1.64 bits per heavy atom. The molecule has 1 aliphatic rings. The Kier molecular flexibility index (Phi) is 12.6. The van der Waals surface area contributed by atoms with Crippen LogP contribution in [0.5, 0.6) is 0 Å². The molecule has 3 heterocycles. The molecule has 5 amide bonds. The monoisotopic (exact) mass is 630 g/mol. The lowest BCUT2D eigenvalue weighted by Gasteiger charge is -2.17. The molecular weight excluding hydrogens is 596 g/mol. The van der Waals surface area contributed by atoms with E-state index in [9.17, 15) is 36.9 Å². The Bertz CT molecular complexity index is 1490. The Balaban J connectivity index is 1.38. The average molecular weight is 631 g/mol. The van der Waals surface area contributed by atoms with Crippen LogP contribution in [0.15, 0.2) is 48.8 Å². The summed E-state index contributed by atoms with van der Waals surface area (Å²) in [6.45, 7) is 2.65. The first kappa shape index (κ1) is 34.0. The summed E-state index contributed by atoms with van der Waals surface area (Å²) in [5, 5.41) is 7.52. The number of carbonyl (C=O) groups excluding carboxylic acids is 5. The van der Waals surface area contributed by atoms with Crippen molar-refractivity contribution >= 4 is 39.7 Å². The lowest BCUT2D eigenvalue weighted by atomic mass is 10.1. The molecular formula is C28H34N6O9S. The second-order valence-corrected chi connectivity index (χ2v) is 11.3. The van der Waals surface area contributed by atoms with Gasteiger partial charge in [-0.15, -0.1) is 0 Å². The zero-order valence-electron chi connectivity index (χ0n) is 24.0. The third-order valence-electron chi connectivity index (χ3n) is 6.26. The highest BCUT2D eigenvalue weighted by atomic mass is 32.2. The summed E-state index contributed by atoms with van der Waals surface area (Å²) in [7, 11) is -4.62. The van der Waals surface area contributed by atoms with Gasteiger partial charge in [-0.3, -0.25) is 43.4 Å². The van der Waals surface area contributed by atoms with E-state index >= 15 is 0 Å². The van der Waals surface area contributed by atoms with Crippen LogP contribution in [0.25, 0.3) is 11.4 Å². The Hall–Kier alpha value is -4.54. The van der Waals surface area contributed by atoms with E-state index in [1.165, 1.54) is 30.5 Å². The van der Waals surface area contributed by atoms with Gasteiger partial charge in [0.05, 0.1) is 31.1 Å². The standard InChI is InChI=1S/C28H34N6O9S/c1-19-7-10-29-21(16-19)22-17-20(8-11-30-22)27(38)33-23(18-44(40,41)42)28(39)32-9-3-2-4-24(35)31-12-14-43-15-13-34-25(36)5-6-26(34)37/h5-8,10-11,16-17,23H,2-4,9,12-15,18H2,1H3,(H,31,35)(H,32,39)(H,33,38)(H,40,41,42). The predicted octanol–water partition coefficient (Wildman–Crippen LogP) is -0.217. The fraction of sp³-hybridized carbons (Fsp3) is 0.393. The zero-order valence-corrected chi connectivity index (χ0v) is 24.8. The van der Waals surface area contributed by atoms with Crippen LogP contribution in [0, 0.1) is 6.92 Å². The molecule has 0 radical (unpaired) electrons. The van der Waals surface area contributed by atoms with Gasteiger partial charge in [0.25, 0.3) is 27.8 Å². The Morgan fingerprint density at radius 1 is 0.955 bits per heavy atom. The van der Waals surface area contributed by atoms with Crippen LogP contribution in [-0.2, 0) is 34.0 Å². The molecule has 1 aliphatic heterocycles. The van der Waals surface area contributed by atoms with Crippen molar-refractivity contribution in [3.63, 3.8) is 0 Å². The molecule has 16 heteroatoms. The second-order valence-electron chi connectivity index (χ2n) is 9.79. The van der Waals surface area contributed by atoms with Crippen LogP contribution in [0.2, 0.25) is 0 Å². The van der Waals surface area contributed by atoms with Gasteiger partial charge in [-0.25, -0.2) is 0 Å². The molecule has 0 aliphatic carbocycles. The minimum atomic E-state index is -4.62. The summed E-state index contributed by atoms with van der Waals surface area (Å²) in [6, 6.07) is 4.85. The largest absolute Gasteiger partial charge is 0.378 e. The number of amides is 5. The van der Waals surface area contributed by atoms with Crippen LogP contribution in [0.3, 0.4) is 0 Å². The number of aryl methyl sites for hydroxylation is 1. The minimum absolute atomic E-state index is 0.0916. The van der Waals surface area contributed by atoms with Gasteiger partial charge >= 0.3 is 0 Å². The van der Waals surface area contributed by atoms with E-state index in [1.807, 2.05) is 6.92 Å². The van der Waals surface area contributed by atoms with Gasteiger partial charge in [0, 0.05) is 49.6 Å². The molecule has 4 N–H and O–H groups in total. The van der Waals surface area contributed by atoms with Crippen molar-refractivity contribution in [1.82, 2.24) is 30.8 Å². The van der Waals surface area contributed by atoms with Crippen LogP contribution >= 0.6 is 0 Å². The van der Waals surface area contributed by atoms with Gasteiger partial charge in [0.15, 0.2) is 0 Å². The quantitative estimate of drug-likeness (QED) is 0.102. The van der Waals surface area contributed by atoms with E-state index in [4.69, 9.17) is 4.74 Å². The normalized spacial score (nSPS) is 13.5. The summed E-state index contributed by atoms with van der Waals surface area (Å²) < 4.78 is 37.7. The Morgan fingerprint density at radius 3 is 2.32 bits per heavy atom. The van der Waals surface area contributed by atoms with Crippen molar-refractivity contribution in [3.8, 4) is 11.4 Å². The number of ether oxygens (including phenoxy) is 1. The van der Waals surface area contributed by atoms with Crippen molar-refractivity contribution in [2.45, 2.75) is 32.2 Å². The molecule has 1 unspecified atom stereocenters. The van der Waals surface area contributed by atoms with Gasteiger partial charge in [-0.2, -0.15) is 8.42 Å². The van der Waals surface area contributed by atoms with E-state index in [0.29, 0.717) is 24.2 Å². The highest BCUT2D eigenvalue weighted by Crippen LogP contribution is 2.16. The number of pyridine rings is 2. The first-order valence-electron chi connectivity index (χ1n) is 13.7. The van der Waals surface area contributed by atoms with E-state index in [0.717, 1.165) is 10.5 Å². The summed E-state index contributed by atoms with van der Waals surface area (Å²) in [6.07, 6.45) is 6.30. The number of rotatable bonds is 17. The number of nitrogens with one attached hydrogen (secondary N) is 3. The number of hydrogen-bond acceptors (Lipinski definition) is 10. The second kappa shape index (κ2) is 16.3. The summed E-state index contributed by atoms with van der Waals surface area (Å²) in [5.41, 5.74) is 1.97. The van der Waals surface area contributed by atoms with E-state index in [2.05, 4.69) is 25.9 Å².